The van der Waals surface area contributed by atoms with E-state index in [-0.39, 0.29) is 117 Å². The molecule has 3 rings (SSSR count). The Balaban J connectivity index is 1.46. The molecule has 0 aromatic rings. The van der Waals surface area contributed by atoms with E-state index in [4.69, 9.17) is 42.6 Å². The van der Waals surface area contributed by atoms with Crippen LogP contribution in [0.2, 0.25) is 0 Å². The Hall–Kier alpha value is -3.98. The molecular weight excluding hydrogens is 1070 g/mol. The van der Waals surface area contributed by atoms with Crippen molar-refractivity contribution < 1.29 is 117 Å². The highest BCUT2D eigenvalue weighted by Crippen LogP contribution is 2.25. The van der Waals surface area contributed by atoms with Gasteiger partial charge in [0.1, 0.15) is 73.1 Å². The summed E-state index contributed by atoms with van der Waals surface area (Å²) in [5.41, 5.74) is 0. The molecule has 464 valence electrons. The Morgan fingerprint density at radius 1 is 0.450 bits per heavy atom. The molecule has 3 aliphatic heterocycles. The van der Waals surface area contributed by atoms with Gasteiger partial charge in [0.05, 0.1) is 98.9 Å². The Kier molecular flexibility index (Phi) is 33.4. The lowest BCUT2D eigenvalue weighted by Crippen LogP contribution is -2.64. The summed E-state index contributed by atoms with van der Waals surface area (Å²) in [5, 5.41) is 106. The minimum Gasteiger partial charge on any atom is -0.394 e. The molecule has 3 aliphatic rings. The van der Waals surface area contributed by atoms with Crippen LogP contribution in [0.1, 0.15) is 41.0 Å². The summed E-state index contributed by atoms with van der Waals surface area (Å²) < 4.78 is 50.2. The average Bonchev–Trinajstić information content (AvgIpc) is 3.49. The second-order valence-electron chi connectivity index (χ2n) is 19.4. The van der Waals surface area contributed by atoms with Gasteiger partial charge in [-0.3, -0.25) is 38.6 Å². The summed E-state index contributed by atoms with van der Waals surface area (Å²) in [5.74, 6) is -2.65. The van der Waals surface area contributed by atoms with Crippen LogP contribution in [0.15, 0.2) is 0 Å². The normalized spacial score (nSPS) is 28.8. The van der Waals surface area contributed by atoms with Crippen LogP contribution in [0, 0.1) is 0 Å². The Morgan fingerprint density at radius 3 is 1.05 bits per heavy atom. The highest BCUT2D eigenvalue weighted by Gasteiger charge is 2.47. The van der Waals surface area contributed by atoms with Crippen LogP contribution >= 0.6 is 0 Å². The maximum absolute atomic E-state index is 13.2. The van der Waals surface area contributed by atoms with Gasteiger partial charge in [-0.25, -0.2) is 0 Å². The summed E-state index contributed by atoms with van der Waals surface area (Å²) >= 11 is 0. The number of carbonyl (C=O) groups is 6. The first kappa shape index (κ1) is 70.3. The first-order valence-corrected chi connectivity index (χ1v) is 26.6. The number of aliphatic hydroxyl groups is 9. The molecule has 0 spiro atoms. The Labute approximate surface area is 464 Å². The molecule has 15 unspecified atom stereocenters. The van der Waals surface area contributed by atoms with Crippen LogP contribution in [-0.2, 0) is 71.4 Å². The maximum atomic E-state index is 13.2. The first-order valence-electron chi connectivity index (χ1n) is 26.6. The van der Waals surface area contributed by atoms with E-state index >= 15 is 0 Å². The van der Waals surface area contributed by atoms with Crippen LogP contribution in [0.3, 0.4) is 0 Å². The predicted octanol–water partition coefficient (Wildman–Crippen LogP) is -9.33. The molecular formula is C48H88N8O24. The van der Waals surface area contributed by atoms with Gasteiger partial charge in [-0.15, -0.1) is 0 Å². The monoisotopic (exact) mass is 1160 g/mol. The van der Waals surface area contributed by atoms with E-state index in [1.165, 1.54) is 20.8 Å². The van der Waals surface area contributed by atoms with Gasteiger partial charge < -0.3 is 120 Å². The number of hydrogen-bond acceptors (Lipinski definition) is 26. The third-order valence-corrected chi connectivity index (χ3v) is 12.7. The van der Waals surface area contributed by atoms with Crippen molar-refractivity contribution in [1.82, 2.24) is 41.7 Å². The Morgan fingerprint density at radius 2 is 0.762 bits per heavy atom. The van der Waals surface area contributed by atoms with Crippen molar-refractivity contribution in [3.63, 3.8) is 0 Å². The van der Waals surface area contributed by atoms with Crippen molar-refractivity contribution in [2.24, 2.45) is 0 Å². The van der Waals surface area contributed by atoms with Gasteiger partial charge in [0.2, 0.25) is 35.4 Å². The molecule has 0 saturated carbocycles. The van der Waals surface area contributed by atoms with Crippen molar-refractivity contribution in [3.8, 4) is 0 Å². The lowest BCUT2D eigenvalue weighted by molar-refractivity contribution is -0.272. The van der Waals surface area contributed by atoms with Crippen LogP contribution in [-0.4, -0.2) is 321 Å². The number of nitrogens with zero attached hydrogens (tertiary/aromatic N) is 2. The molecule has 0 aliphatic carbocycles. The van der Waals surface area contributed by atoms with Crippen molar-refractivity contribution in [3.05, 3.63) is 0 Å². The molecule has 80 heavy (non-hydrogen) atoms. The lowest BCUT2D eigenvalue weighted by atomic mass is 9.97. The summed E-state index contributed by atoms with van der Waals surface area (Å²) in [6.07, 6.45) is -15.4. The van der Waals surface area contributed by atoms with E-state index in [0.717, 1.165) is 0 Å². The molecule has 15 N–H and O–H groups in total. The highest BCUT2D eigenvalue weighted by atomic mass is 16.7. The quantitative estimate of drug-likeness (QED) is 0.0255. The number of aliphatic hydroxyl groups excluding tert-OH is 9. The molecule has 0 aromatic carbocycles. The average molecular weight is 1160 g/mol. The largest absolute Gasteiger partial charge is 0.394 e. The number of rotatable bonds is 38. The van der Waals surface area contributed by atoms with Crippen molar-refractivity contribution in [2.75, 3.05) is 132 Å². The third-order valence-electron chi connectivity index (χ3n) is 12.7. The second kappa shape index (κ2) is 38.0. The van der Waals surface area contributed by atoms with Gasteiger partial charge in [0, 0.05) is 59.5 Å². The van der Waals surface area contributed by atoms with Crippen LogP contribution in [0.5, 0.6) is 0 Å². The summed E-state index contributed by atoms with van der Waals surface area (Å²) in [6.45, 7) is 6.36. The smallest absolute Gasteiger partial charge is 0.234 e. The van der Waals surface area contributed by atoms with Gasteiger partial charge in [-0.05, 0) is 20.3 Å². The SMILES string of the molecule is CC(=O)NC1C(OCCOCCNC(=O)CN(CCCN(CC(=O)NCCOCCOC2OC(CO)C(O)C(O)C2NC(C)=O)C(C)C)CC(=O)NCCOCCOC2OC(CO)C(O)C(O)C2NC(C)=O)OC(CO)C(O)C1O. The molecule has 6 amide bonds. The Bertz CT molecular complexity index is 1760. The number of ether oxygens (including phenoxy) is 9. The van der Waals surface area contributed by atoms with Crippen LogP contribution < -0.4 is 31.9 Å². The third kappa shape index (κ3) is 24.9. The number of carbonyl (C=O) groups excluding carboxylic acids is 6. The number of nitrogens with one attached hydrogen (secondary N) is 6. The molecule has 3 saturated heterocycles. The van der Waals surface area contributed by atoms with Gasteiger partial charge in [-0.1, -0.05) is 0 Å². The van der Waals surface area contributed by atoms with Crippen molar-refractivity contribution in [2.45, 2.75) is 139 Å². The minimum absolute atomic E-state index is 0.00380. The summed E-state index contributed by atoms with van der Waals surface area (Å²) in [7, 11) is 0. The van der Waals surface area contributed by atoms with Gasteiger partial charge in [0.25, 0.3) is 0 Å². The maximum Gasteiger partial charge on any atom is 0.234 e. The number of amides is 6. The van der Waals surface area contributed by atoms with E-state index in [9.17, 15) is 74.7 Å². The zero-order valence-electron chi connectivity index (χ0n) is 46.1. The predicted molar refractivity (Wildman–Crippen MR) is 273 cm³/mol. The standard InChI is InChI=1S/C48H88N8O24/c1-27(2)56(23-36(65)51-9-14-74-17-20-77-48-39(54-30(5)62)45(71)42(68)33(26-59)80-48)11-6-10-55(21-34(63)49-7-12-72-15-18-75-46-37(52-28(3)60)43(69)40(66)31(24-57)78-46)22-35(64)50-8-13-73-16-19-76-47-38(53-29(4)61)44(70)41(67)32(25-58)79-47/h27,31-33,37-48,57-59,66-71H,6-26H2,1-5H3,(H,49,63)(H,50,64)(H,51,65)(H,52,60)(H,53,61)(H,54,62). The lowest BCUT2D eigenvalue weighted by Gasteiger charge is -2.42. The van der Waals surface area contributed by atoms with Crippen molar-refractivity contribution >= 4 is 35.4 Å². The number of hydrogen-bond donors (Lipinski definition) is 15. The van der Waals surface area contributed by atoms with Gasteiger partial charge in [-0.2, -0.15) is 0 Å². The zero-order chi connectivity index (χ0) is 59.3. The van der Waals surface area contributed by atoms with E-state index < -0.39 is 141 Å². The fraction of sp³-hybridized carbons (Fsp3) is 0.875. The van der Waals surface area contributed by atoms with E-state index in [1.807, 2.05) is 18.7 Å². The first-order chi connectivity index (χ1) is 38.1. The van der Waals surface area contributed by atoms with E-state index in [0.29, 0.717) is 13.0 Å². The molecule has 32 heteroatoms. The molecule has 0 radical (unpaired) electrons. The molecule has 3 heterocycles. The van der Waals surface area contributed by atoms with E-state index in [2.05, 4.69) is 31.9 Å². The summed E-state index contributed by atoms with van der Waals surface area (Å²) in [6, 6.07) is -3.42. The minimum atomic E-state index is -1.48. The zero-order valence-corrected chi connectivity index (χ0v) is 46.1. The van der Waals surface area contributed by atoms with Crippen LogP contribution in [0.25, 0.3) is 0 Å². The molecule has 32 nitrogen and oxygen atoms in total. The molecule has 3 fully saturated rings. The topological polar surface area (TPSA) is 446 Å². The molecule has 0 bridgehead atoms. The fourth-order valence-electron chi connectivity index (χ4n) is 8.59. The molecule has 15 atom stereocenters. The van der Waals surface area contributed by atoms with Gasteiger partial charge in [0.15, 0.2) is 18.9 Å². The fourth-order valence-corrected chi connectivity index (χ4v) is 8.59. The molecule has 0 aromatic heterocycles. The van der Waals surface area contributed by atoms with Crippen LogP contribution in [0.4, 0.5) is 0 Å². The van der Waals surface area contributed by atoms with Crippen molar-refractivity contribution in [1.29, 1.82) is 0 Å². The van der Waals surface area contributed by atoms with E-state index in [1.54, 1.807) is 4.90 Å². The van der Waals surface area contributed by atoms with Gasteiger partial charge >= 0.3 is 0 Å². The second-order valence-corrected chi connectivity index (χ2v) is 19.4. The summed E-state index contributed by atoms with van der Waals surface area (Å²) in [4.78, 5) is 78.0. The highest BCUT2D eigenvalue weighted by molar-refractivity contribution is 5.81.